The van der Waals surface area contributed by atoms with Crippen molar-refractivity contribution in [3.63, 3.8) is 0 Å². The van der Waals surface area contributed by atoms with Gasteiger partial charge in [-0.1, -0.05) is 109 Å². The van der Waals surface area contributed by atoms with Gasteiger partial charge in [-0.05, 0) is 91.2 Å². The lowest BCUT2D eigenvalue weighted by molar-refractivity contribution is 0.106. The Hall–Kier alpha value is -8.66. The molecule has 0 aliphatic carbocycles. The number of nitriles is 2. The summed E-state index contributed by atoms with van der Waals surface area (Å²) in [5.74, 6) is 3.69. The van der Waals surface area contributed by atoms with Gasteiger partial charge in [0.2, 0.25) is 0 Å². The molecule has 3 heterocycles. The summed E-state index contributed by atoms with van der Waals surface area (Å²) in [7, 11) is 0. The van der Waals surface area contributed by atoms with Crippen molar-refractivity contribution in [3.05, 3.63) is 187 Å². The Morgan fingerprint density at radius 1 is 0.371 bits per heavy atom. The third-order valence-corrected chi connectivity index (χ3v) is 10.9. The number of nitrogens with zero attached hydrogens (tertiary/aromatic N) is 8. The zero-order valence-electron chi connectivity index (χ0n) is 33.7. The third-order valence-electron chi connectivity index (χ3n) is 10.9. The lowest BCUT2D eigenvalue weighted by Gasteiger charge is -2.35. The van der Waals surface area contributed by atoms with Crippen LogP contribution in [0.15, 0.2) is 170 Å². The van der Waals surface area contributed by atoms with Gasteiger partial charge >= 0.3 is 0 Å². The third kappa shape index (κ3) is 7.21. The van der Waals surface area contributed by atoms with Crippen LogP contribution in [0.1, 0.15) is 30.5 Å². The molecule has 0 spiro atoms. The number of ether oxygens (including phenoxy) is 1. The maximum absolute atomic E-state index is 9.66. The maximum Gasteiger partial charge on any atom is 0.164 e. The Labute approximate surface area is 358 Å². The first-order chi connectivity index (χ1) is 30.3. The summed E-state index contributed by atoms with van der Waals surface area (Å²) in [6.45, 7) is 4.04. The number of aromatic nitrogens is 6. The van der Waals surface area contributed by atoms with Gasteiger partial charge in [0.25, 0.3) is 0 Å². The van der Waals surface area contributed by atoms with Crippen LogP contribution in [0.2, 0.25) is 0 Å². The second-order valence-electron chi connectivity index (χ2n) is 15.4. The summed E-state index contributed by atoms with van der Waals surface area (Å²) < 4.78 is 6.72. The van der Waals surface area contributed by atoms with E-state index >= 15 is 0 Å². The molecule has 9 aromatic rings. The molecule has 0 N–H and O–H groups in total. The van der Waals surface area contributed by atoms with Crippen molar-refractivity contribution in [3.8, 4) is 108 Å². The zero-order valence-corrected chi connectivity index (χ0v) is 33.7. The summed E-state index contributed by atoms with van der Waals surface area (Å²) in [6.07, 6.45) is 0. The molecule has 0 unspecified atom stereocenters. The molecule has 0 saturated heterocycles. The predicted octanol–water partition coefficient (Wildman–Crippen LogP) is 11.8. The van der Waals surface area contributed by atoms with Gasteiger partial charge in [-0.2, -0.15) is 10.5 Å². The Morgan fingerprint density at radius 3 is 1.23 bits per heavy atom. The van der Waals surface area contributed by atoms with Crippen molar-refractivity contribution in [1.29, 1.82) is 10.5 Å². The average Bonchev–Trinajstić information content (AvgIpc) is 3.34. The van der Waals surface area contributed by atoms with Crippen molar-refractivity contribution in [2.75, 3.05) is 0 Å². The first-order valence-electron chi connectivity index (χ1n) is 20.1. The lowest BCUT2D eigenvalue weighted by atomic mass is 9.84. The molecule has 7 aromatic carbocycles. The van der Waals surface area contributed by atoms with Crippen LogP contribution in [-0.4, -0.2) is 29.9 Å². The molecular weight excluding hydrogens is 765 g/mol. The highest BCUT2D eigenvalue weighted by atomic mass is 16.5. The van der Waals surface area contributed by atoms with E-state index in [2.05, 4.69) is 42.5 Å². The lowest BCUT2D eigenvalue weighted by Crippen LogP contribution is -2.29. The van der Waals surface area contributed by atoms with E-state index in [0.29, 0.717) is 51.6 Å². The van der Waals surface area contributed by atoms with E-state index in [-0.39, 0.29) is 0 Å². The molecule has 10 rings (SSSR count). The molecule has 0 amide bonds. The van der Waals surface area contributed by atoms with Gasteiger partial charge < -0.3 is 4.74 Å². The molecule has 0 fully saturated rings. The van der Waals surface area contributed by atoms with E-state index in [4.69, 9.17) is 34.6 Å². The fourth-order valence-electron chi connectivity index (χ4n) is 7.72. The van der Waals surface area contributed by atoms with Crippen molar-refractivity contribution in [2.24, 2.45) is 0 Å². The van der Waals surface area contributed by atoms with Gasteiger partial charge in [0.15, 0.2) is 34.9 Å². The van der Waals surface area contributed by atoms with E-state index in [1.165, 1.54) is 0 Å². The molecule has 62 heavy (non-hydrogen) atoms. The van der Waals surface area contributed by atoms with E-state index in [1.807, 2.05) is 141 Å². The van der Waals surface area contributed by atoms with Crippen LogP contribution in [0.25, 0.3) is 90.6 Å². The summed E-state index contributed by atoms with van der Waals surface area (Å²) in [5, 5.41) is 19.2. The summed E-state index contributed by atoms with van der Waals surface area (Å²) >= 11 is 0. The number of rotatable bonds is 7. The minimum atomic E-state index is -0.687. The number of benzene rings is 7. The molecule has 0 saturated carbocycles. The van der Waals surface area contributed by atoms with E-state index in [9.17, 15) is 10.5 Å². The zero-order chi connectivity index (χ0) is 42.2. The van der Waals surface area contributed by atoms with Crippen LogP contribution in [0.5, 0.6) is 5.75 Å². The largest absolute Gasteiger partial charge is 0.482 e. The predicted molar refractivity (Wildman–Crippen MR) is 240 cm³/mol. The van der Waals surface area contributed by atoms with Crippen LogP contribution in [0.4, 0.5) is 0 Å². The maximum atomic E-state index is 9.66. The molecule has 1 aliphatic heterocycles. The average molecular weight is 799 g/mol. The molecule has 2 aromatic heterocycles. The molecule has 1 aliphatic rings. The van der Waals surface area contributed by atoms with Gasteiger partial charge in [-0.25, -0.2) is 29.9 Å². The molecule has 0 radical (unpaired) electrons. The van der Waals surface area contributed by atoms with Gasteiger partial charge in [0, 0.05) is 44.5 Å². The van der Waals surface area contributed by atoms with Crippen molar-refractivity contribution in [1.82, 2.24) is 29.9 Å². The Morgan fingerprint density at radius 2 is 0.758 bits per heavy atom. The second kappa shape index (κ2) is 15.5. The highest BCUT2D eigenvalue weighted by Gasteiger charge is 2.33. The van der Waals surface area contributed by atoms with Crippen LogP contribution in [-0.2, 0) is 5.60 Å². The quantitative estimate of drug-likeness (QED) is 0.154. The number of hydrogen-bond acceptors (Lipinski definition) is 9. The monoisotopic (exact) mass is 798 g/mol. The van der Waals surface area contributed by atoms with Crippen LogP contribution in [0.3, 0.4) is 0 Å². The molecule has 9 nitrogen and oxygen atoms in total. The van der Waals surface area contributed by atoms with E-state index in [1.54, 1.807) is 12.1 Å². The van der Waals surface area contributed by atoms with Gasteiger partial charge in [0.1, 0.15) is 11.4 Å². The fourth-order valence-corrected chi connectivity index (χ4v) is 7.72. The summed E-state index contributed by atoms with van der Waals surface area (Å²) in [6, 6.07) is 59.4. The minimum Gasteiger partial charge on any atom is -0.482 e. The normalized spacial score (nSPS) is 12.3. The Kier molecular flexibility index (Phi) is 9.40. The van der Waals surface area contributed by atoms with E-state index in [0.717, 1.165) is 61.4 Å². The topological polar surface area (TPSA) is 134 Å². The van der Waals surface area contributed by atoms with Gasteiger partial charge in [-0.15, -0.1) is 0 Å². The van der Waals surface area contributed by atoms with Gasteiger partial charge in [0.05, 0.1) is 23.3 Å². The molecule has 0 bridgehead atoms. The van der Waals surface area contributed by atoms with Crippen LogP contribution < -0.4 is 4.74 Å². The highest BCUT2D eigenvalue weighted by molar-refractivity contribution is 5.84. The number of fused-ring (bicyclic) bond motifs is 3. The first kappa shape index (κ1) is 37.6. The summed E-state index contributed by atoms with van der Waals surface area (Å²) in [5.41, 5.74) is 9.85. The van der Waals surface area contributed by atoms with E-state index < -0.39 is 5.60 Å². The Balaban J connectivity index is 1.20. The molecular formula is C53H34N8O. The summed E-state index contributed by atoms with van der Waals surface area (Å²) in [4.78, 5) is 30.2. The van der Waals surface area contributed by atoms with Crippen LogP contribution in [0, 0.1) is 22.7 Å². The smallest absolute Gasteiger partial charge is 0.164 e. The standard InChI is InChI=1S/C53H34N8O/c1-53(2)45-26-34(32-55)20-24-43(45)44-25-23-39(30-46(44)62-53)40-27-41(51-58-47(35-12-6-3-7-13-35)56-48(59-51)36-14-8-4-9-15-36)29-42(28-40)52-60-49(37-16-10-5-11-17-37)57-50(61-52)38-21-18-33(31-54)19-22-38/h3-30H,1-2H3. The van der Waals surface area contributed by atoms with Crippen molar-refractivity contribution >= 4 is 0 Å². The number of hydrogen-bond donors (Lipinski definition) is 0. The van der Waals surface area contributed by atoms with Gasteiger partial charge in [-0.3, -0.25) is 0 Å². The molecule has 0 atom stereocenters. The Bertz CT molecular complexity index is 3190. The molecule has 292 valence electrons. The minimum absolute atomic E-state index is 0.444. The van der Waals surface area contributed by atoms with Crippen molar-refractivity contribution in [2.45, 2.75) is 19.4 Å². The SMILES string of the molecule is CC1(C)Oc2cc(-c3cc(-c4nc(-c5ccccc5)nc(-c5ccccc5)n4)cc(-c4nc(-c5ccccc5)nc(-c5ccc(C#N)cc5)n4)c3)ccc2-c2ccc(C#N)cc21. The first-order valence-corrected chi connectivity index (χ1v) is 20.1. The molecule has 9 heteroatoms. The van der Waals surface area contributed by atoms with Crippen molar-refractivity contribution < 1.29 is 4.74 Å². The second-order valence-corrected chi connectivity index (χ2v) is 15.4. The van der Waals surface area contributed by atoms with Crippen LogP contribution >= 0.6 is 0 Å². The highest BCUT2D eigenvalue weighted by Crippen LogP contribution is 2.47. The fraction of sp³-hybridized carbons (Fsp3) is 0.0566.